The third-order valence-electron chi connectivity index (χ3n) is 4.40. The van der Waals surface area contributed by atoms with Crippen molar-refractivity contribution in [2.45, 2.75) is 32.2 Å². The zero-order valence-electron chi connectivity index (χ0n) is 11.9. The fraction of sp³-hybridized carbons (Fsp3) is 0.769. The number of likely N-dealkylation sites (N-methyl/N-ethyl adjacent to an activating group) is 1. The number of amides is 3. The molecular weight excluding hydrogens is 262 g/mol. The molecule has 1 unspecified atom stereocenters. The summed E-state index contributed by atoms with van der Waals surface area (Å²) < 4.78 is 0. The molecule has 20 heavy (non-hydrogen) atoms. The molecule has 0 saturated carbocycles. The Bertz CT molecular complexity index is 429. The van der Waals surface area contributed by atoms with E-state index in [9.17, 15) is 14.4 Å². The molecule has 0 aromatic heterocycles. The highest BCUT2D eigenvalue weighted by molar-refractivity contribution is 5.88. The zero-order chi connectivity index (χ0) is 14.9. The standard InChI is InChI=1S/C13H21N3O4/c1-13(11(18)19)4-7-16(8-5-13)12(20)14-9-3-6-15(2)10(9)17/h9H,3-8H2,1-2H3,(H,14,20)(H,18,19). The van der Waals surface area contributed by atoms with Gasteiger partial charge in [0, 0.05) is 26.7 Å². The van der Waals surface area contributed by atoms with Crippen LogP contribution in [0.3, 0.4) is 0 Å². The zero-order valence-corrected chi connectivity index (χ0v) is 11.9. The number of carbonyl (C=O) groups excluding carboxylic acids is 2. The minimum absolute atomic E-state index is 0.0641. The summed E-state index contributed by atoms with van der Waals surface area (Å²) in [6.45, 7) is 3.18. The molecule has 0 aromatic carbocycles. The Hall–Kier alpha value is -1.79. The molecule has 112 valence electrons. The van der Waals surface area contributed by atoms with E-state index in [2.05, 4.69) is 5.32 Å². The summed E-state index contributed by atoms with van der Waals surface area (Å²) in [5.41, 5.74) is -0.750. The highest BCUT2D eigenvalue weighted by atomic mass is 16.4. The largest absolute Gasteiger partial charge is 0.481 e. The van der Waals surface area contributed by atoms with Crippen LogP contribution in [0.5, 0.6) is 0 Å². The number of piperidine rings is 1. The van der Waals surface area contributed by atoms with Crippen molar-refractivity contribution in [3.05, 3.63) is 0 Å². The smallest absolute Gasteiger partial charge is 0.318 e. The first kappa shape index (κ1) is 14.6. The highest BCUT2D eigenvalue weighted by Crippen LogP contribution is 2.31. The van der Waals surface area contributed by atoms with Gasteiger partial charge in [-0.25, -0.2) is 4.79 Å². The Labute approximate surface area is 117 Å². The maximum Gasteiger partial charge on any atom is 0.318 e. The predicted molar refractivity (Wildman–Crippen MR) is 71.1 cm³/mol. The van der Waals surface area contributed by atoms with E-state index in [4.69, 9.17) is 5.11 Å². The molecule has 0 aliphatic carbocycles. The van der Waals surface area contributed by atoms with Crippen molar-refractivity contribution in [3.8, 4) is 0 Å². The molecule has 0 bridgehead atoms. The topological polar surface area (TPSA) is 90.0 Å². The van der Waals surface area contributed by atoms with Crippen molar-refractivity contribution < 1.29 is 19.5 Å². The molecule has 1 atom stereocenters. The molecule has 2 fully saturated rings. The number of carboxylic acid groups (broad SMARTS) is 1. The fourth-order valence-electron chi connectivity index (χ4n) is 2.61. The van der Waals surface area contributed by atoms with Crippen LogP contribution in [0.1, 0.15) is 26.2 Å². The van der Waals surface area contributed by atoms with Gasteiger partial charge in [-0.2, -0.15) is 0 Å². The molecule has 0 spiro atoms. The van der Waals surface area contributed by atoms with Crippen LogP contribution in [-0.2, 0) is 9.59 Å². The molecule has 7 nitrogen and oxygen atoms in total. The summed E-state index contributed by atoms with van der Waals surface area (Å²) in [5, 5.41) is 11.9. The van der Waals surface area contributed by atoms with Crippen LogP contribution in [0.15, 0.2) is 0 Å². The minimum Gasteiger partial charge on any atom is -0.481 e. The molecule has 2 heterocycles. The number of nitrogens with zero attached hydrogens (tertiary/aromatic N) is 2. The van der Waals surface area contributed by atoms with Gasteiger partial charge in [0.25, 0.3) is 0 Å². The van der Waals surface area contributed by atoms with Crippen LogP contribution in [0.2, 0.25) is 0 Å². The normalized spacial score (nSPS) is 25.7. The van der Waals surface area contributed by atoms with Crippen LogP contribution < -0.4 is 5.32 Å². The van der Waals surface area contributed by atoms with E-state index in [1.54, 1.807) is 23.8 Å². The first-order valence-corrected chi connectivity index (χ1v) is 6.87. The van der Waals surface area contributed by atoms with Crippen molar-refractivity contribution in [2.24, 2.45) is 5.41 Å². The molecule has 2 saturated heterocycles. The van der Waals surface area contributed by atoms with Gasteiger partial charge in [0.1, 0.15) is 6.04 Å². The lowest BCUT2D eigenvalue weighted by Crippen LogP contribution is -2.52. The molecule has 3 amide bonds. The number of carboxylic acids is 1. The number of aliphatic carboxylic acids is 1. The summed E-state index contributed by atoms with van der Waals surface area (Å²) in [4.78, 5) is 38.1. The number of hydrogen-bond donors (Lipinski definition) is 2. The predicted octanol–water partition coefficient (Wildman–Crippen LogP) is 0.113. The van der Waals surface area contributed by atoms with Gasteiger partial charge < -0.3 is 20.2 Å². The number of likely N-dealkylation sites (tertiary alicyclic amines) is 2. The first-order valence-electron chi connectivity index (χ1n) is 6.87. The second-order valence-corrected chi connectivity index (χ2v) is 5.90. The summed E-state index contributed by atoms with van der Waals surface area (Å²) >= 11 is 0. The molecule has 7 heteroatoms. The van der Waals surface area contributed by atoms with Gasteiger partial charge in [0.2, 0.25) is 5.91 Å². The number of urea groups is 1. The highest BCUT2D eigenvalue weighted by Gasteiger charge is 2.39. The van der Waals surface area contributed by atoms with Crippen LogP contribution >= 0.6 is 0 Å². The van der Waals surface area contributed by atoms with E-state index in [0.29, 0.717) is 38.9 Å². The first-order chi connectivity index (χ1) is 9.33. The van der Waals surface area contributed by atoms with E-state index < -0.39 is 17.4 Å². The van der Waals surface area contributed by atoms with Crippen molar-refractivity contribution >= 4 is 17.9 Å². The van der Waals surface area contributed by atoms with E-state index in [1.807, 2.05) is 0 Å². The molecule has 2 aliphatic rings. The second kappa shape index (κ2) is 5.30. The SMILES string of the molecule is CN1CCC(NC(=O)N2CCC(C)(C(=O)O)CC2)C1=O. The Morgan fingerprint density at radius 3 is 2.35 bits per heavy atom. The lowest BCUT2D eigenvalue weighted by molar-refractivity contribution is -0.150. The Morgan fingerprint density at radius 1 is 1.30 bits per heavy atom. The third-order valence-corrected chi connectivity index (χ3v) is 4.40. The number of carbonyl (C=O) groups is 3. The Balaban J connectivity index is 1.86. The van der Waals surface area contributed by atoms with Gasteiger partial charge in [-0.05, 0) is 26.2 Å². The van der Waals surface area contributed by atoms with Gasteiger partial charge in [-0.1, -0.05) is 0 Å². The van der Waals surface area contributed by atoms with E-state index in [1.165, 1.54) is 0 Å². The van der Waals surface area contributed by atoms with Crippen LogP contribution in [0, 0.1) is 5.41 Å². The molecule has 0 aromatic rings. The molecule has 2 N–H and O–H groups in total. The summed E-state index contributed by atoms with van der Waals surface area (Å²) in [6.07, 6.45) is 1.50. The summed E-state index contributed by atoms with van der Waals surface area (Å²) in [7, 11) is 1.72. The van der Waals surface area contributed by atoms with Gasteiger partial charge in [0.05, 0.1) is 5.41 Å². The minimum atomic E-state index is -0.815. The number of rotatable bonds is 2. The second-order valence-electron chi connectivity index (χ2n) is 5.90. The maximum absolute atomic E-state index is 12.1. The van der Waals surface area contributed by atoms with Gasteiger partial charge in [0.15, 0.2) is 0 Å². The average molecular weight is 283 g/mol. The lowest BCUT2D eigenvalue weighted by Gasteiger charge is -2.36. The molecule has 2 aliphatic heterocycles. The third kappa shape index (κ3) is 2.71. The Kier molecular flexibility index (Phi) is 3.87. The average Bonchev–Trinajstić information content (AvgIpc) is 2.71. The number of nitrogens with one attached hydrogen (secondary N) is 1. The monoisotopic (exact) mass is 283 g/mol. The van der Waals surface area contributed by atoms with Crippen molar-refractivity contribution in [1.82, 2.24) is 15.1 Å². The maximum atomic E-state index is 12.1. The van der Waals surface area contributed by atoms with Crippen molar-refractivity contribution in [1.29, 1.82) is 0 Å². The van der Waals surface area contributed by atoms with Crippen molar-refractivity contribution in [3.63, 3.8) is 0 Å². The summed E-state index contributed by atoms with van der Waals surface area (Å²) in [5.74, 6) is -0.879. The number of hydrogen-bond acceptors (Lipinski definition) is 3. The quantitative estimate of drug-likeness (QED) is 0.753. The fourth-order valence-corrected chi connectivity index (χ4v) is 2.61. The summed E-state index contributed by atoms with van der Waals surface area (Å²) in [6, 6.07) is -0.716. The van der Waals surface area contributed by atoms with Gasteiger partial charge in [-0.3, -0.25) is 9.59 Å². The van der Waals surface area contributed by atoms with Gasteiger partial charge in [-0.15, -0.1) is 0 Å². The lowest BCUT2D eigenvalue weighted by atomic mass is 9.80. The van der Waals surface area contributed by atoms with Crippen molar-refractivity contribution in [2.75, 3.05) is 26.7 Å². The van der Waals surface area contributed by atoms with E-state index >= 15 is 0 Å². The molecule has 2 rings (SSSR count). The van der Waals surface area contributed by atoms with E-state index in [-0.39, 0.29) is 11.9 Å². The molecular formula is C13H21N3O4. The van der Waals surface area contributed by atoms with Crippen LogP contribution in [0.4, 0.5) is 4.79 Å². The Morgan fingerprint density at radius 2 is 1.90 bits per heavy atom. The van der Waals surface area contributed by atoms with Crippen LogP contribution in [-0.4, -0.2) is 65.5 Å². The molecule has 0 radical (unpaired) electrons. The van der Waals surface area contributed by atoms with Gasteiger partial charge >= 0.3 is 12.0 Å². The van der Waals surface area contributed by atoms with E-state index in [0.717, 1.165) is 0 Å². The van der Waals surface area contributed by atoms with Crippen LogP contribution in [0.25, 0.3) is 0 Å².